The summed E-state index contributed by atoms with van der Waals surface area (Å²) in [5.74, 6) is 0.219. The van der Waals surface area contributed by atoms with Gasteiger partial charge in [0.1, 0.15) is 0 Å². The van der Waals surface area contributed by atoms with Crippen molar-refractivity contribution in [2.24, 2.45) is 5.92 Å². The number of likely N-dealkylation sites (tertiary alicyclic amines) is 1. The fourth-order valence-corrected chi connectivity index (χ4v) is 2.46. The molecule has 2 heterocycles. The van der Waals surface area contributed by atoms with Crippen LogP contribution in [-0.2, 0) is 0 Å². The van der Waals surface area contributed by atoms with Gasteiger partial charge in [0, 0.05) is 31.4 Å². The lowest BCUT2D eigenvalue weighted by atomic mass is 9.92. The van der Waals surface area contributed by atoms with E-state index in [1.165, 1.54) is 0 Å². The zero-order valence-corrected chi connectivity index (χ0v) is 11.0. The van der Waals surface area contributed by atoms with Crippen LogP contribution in [0.15, 0.2) is 18.5 Å². The maximum Gasteiger partial charge on any atom is 0.255 e. The number of carbonyl (C=O) groups is 1. The lowest BCUT2D eigenvalue weighted by Crippen LogP contribution is -2.45. The molecule has 98 valence electrons. The van der Waals surface area contributed by atoms with Gasteiger partial charge in [-0.3, -0.25) is 9.78 Å². The molecular weight excluding hydrogens is 228 g/mol. The zero-order chi connectivity index (χ0) is 13.1. The van der Waals surface area contributed by atoms with Crippen LogP contribution in [0.4, 0.5) is 0 Å². The summed E-state index contributed by atoms with van der Waals surface area (Å²) in [4.78, 5) is 18.2. The molecule has 0 aliphatic carbocycles. The Hall–Kier alpha value is -1.42. The number of hydrogen-bond donors (Lipinski definition) is 1. The molecule has 0 saturated carbocycles. The Morgan fingerprint density at radius 3 is 3.00 bits per heavy atom. The smallest absolute Gasteiger partial charge is 0.255 e. The molecule has 1 saturated heterocycles. The molecule has 1 aromatic rings. The number of amides is 1. The van der Waals surface area contributed by atoms with Crippen LogP contribution in [0.3, 0.4) is 0 Å². The first-order valence-corrected chi connectivity index (χ1v) is 6.50. The summed E-state index contributed by atoms with van der Waals surface area (Å²) >= 11 is 0. The molecule has 0 radical (unpaired) electrons. The van der Waals surface area contributed by atoms with Crippen molar-refractivity contribution in [1.29, 1.82) is 0 Å². The van der Waals surface area contributed by atoms with Crippen LogP contribution >= 0.6 is 0 Å². The predicted molar refractivity (Wildman–Crippen MR) is 69.3 cm³/mol. The molecule has 0 bridgehead atoms. The highest BCUT2D eigenvalue weighted by Gasteiger charge is 2.29. The van der Waals surface area contributed by atoms with E-state index in [-0.39, 0.29) is 17.9 Å². The minimum atomic E-state index is -0.269. The highest BCUT2D eigenvalue weighted by Crippen LogP contribution is 2.21. The van der Waals surface area contributed by atoms with Gasteiger partial charge in [-0.1, -0.05) is 6.92 Å². The zero-order valence-electron chi connectivity index (χ0n) is 11.0. The molecule has 1 aromatic heterocycles. The van der Waals surface area contributed by atoms with Crippen molar-refractivity contribution in [3.05, 3.63) is 29.6 Å². The molecule has 1 aliphatic heterocycles. The second-order valence-corrected chi connectivity index (χ2v) is 5.03. The van der Waals surface area contributed by atoms with E-state index in [0.717, 1.165) is 12.0 Å². The van der Waals surface area contributed by atoms with Crippen molar-refractivity contribution in [3.63, 3.8) is 0 Å². The van der Waals surface area contributed by atoms with Gasteiger partial charge >= 0.3 is 0 Å². The molecule has 1 amide bonds. The number of carbonyl (C=O) groups excluding carboxylic acids is 1. The molecule has 0 spiro atoms. The molecule has 18 heavy (non-hydrogen) atoms. The van der Waals surface area contributed by atoms with Gasteiger partial charge in [0.15, 0.2) is 0 Å². The first-order valence-electron chi connectivity index (χ1n) is 6.50. The topological polar surface area (TPSA) is 53.4 Å². The average Bonchev–Trinajstić information content (AvgIpc) is 2.38. The fourth-order valence-electron chi connectivity index (χ4n) is 2.46. The van der Waals surface area contributed by atoms with E-state index in [9.17, 15) is 9.90 Å². The number of pyridine rings is 1. The Morgan fingerprint density at radius 2 is 2.33 bits per heavy atom. The van der Waals surface area contributed by atoms with Crippen molar-refractivity contribution in [3.8, 4) is 0 Å². The lowest BCUT2D eigenvalue weighted by molar-refractivity contribution is 0.0228. The predicted octanol–water partition coefficient (Wildman–Crippen LogP) is 1.62. The number of hydrogen-bond acceptors (Lipinski definition) is 3. The molecule has 4 heteroatoms. The highest BCUT2D eigenvalue weighted by atomic mass is 16.3. The largest absolute Gasteiger partial charge is 0.393 e. The van der Waals surface area contributed by atoms with Crippen molar-refractivity contribution in [2.45, 2.75) is 32.8 Å². The lowest BCUT2D eigenvalue weighted by Gasteiger charge is -2.35. The summed E-state index contributed by atoms with van der Waals surface area (Å²) in [5, 5.41) is 9.83. The minimum absolute atomic E-state index is 0.0246. The molecule has 4 nitrogen and oxygen atoms in total. The van der Waals surface area contributed by atoms with Crippen LogP contribution in [0.2, 0.25) is 0 Å². The molecule has 2 rings (SSSR count). The number of aromatic nitrogens is 1. The maximum atomic E-state index is 12.3. The number of aliphatic hydroxyl groups is 1. The maximum absolute atomic E-state index is 12.3. The summed E-state index contributed by atoms with van der Waals surface area (Å²) in [5.41, 5.74) is 1.63. The van der Waals surface area contributed by atoms with E-state index >= 15 is 0 Å². The van der Waals surface area contributed by atoms with E-state index in [1.54, 1.807) is 12.4 Å². The van der Waals surface area contributed by atoms with Gasteiger partial charge in [-0.15, -0.1) is 0 Å². The third-order valence-corrected chi connectivity index (χ3v) is 3.63. The standard InChI is InChI=1S/C14H20N2O2/c1-3-11-9-16(5-4-13(11)17)14(18)12-6-10(2)7-15-8-12/h6-8,11,13,17H,3-5,9H2,1-2H3. The van der Waals surface area contributed by atoms with E-state index in [1.807, 2.05) is 17.9 Å². The fraction of sp³-hybridized carbons (Fsp3) is 0.571. The second kappa shape index (κ2) is 5.48. The Kier molecular flexibility index (Phi) is 3.97. The van der Waals surface area contributed by atoms with Gasteiger partial charge in [0.25, 0.3) is 5.91 Å². The van der Waals surface area contributed by atoms with Crippen LogP contribution in [-0.4, -0.2) is 40.1 Å². The number of rotatable bonds is 2. The third kappa shape index (κ3) is 2.70. The first kappa shape index (κ1) is 13.0. The van der Waals surface area contributed by atoms with Crippen LogP contribution < -0.4 is 0 Å². The van der Waals surface area contributed by atoms with Gasteiger partial charge in [-0.2, -0.15) is 0 Å². The Balaban J connectivity index is 2.10. The summed E-state index contributed by atoms with van der Waals surface area (Å²) < 4.78 is 0. The SMILES string of the molecule is CCC1CN(C(=O)c2cncc(C)c2)CCC1O. The van der Waals surface area contributed by atoms with Gasteiger partial charge < -0.3 is 10.0 Å². The van der Waals surface area contributed by atoms with Crippen molar-refractivity contribution < 1.29 is 9.90 Å². The van der Waals surface area contributed by atoms with E-state index in [0.29, 0.717) is 25.1 Å². The van der Waals surface area contributed by atoms with Gasteiger partial charge in [-0.25, -0.2) is 0 Å². The molecule has 1 fully saturated rings. The van der Waals surface area contributed by atoms with Crippen LogP contribution in [0, 0.1) is 12.8 Å². The van der Waals surface area contributed by atoms with Crippen LogP contribution in [0.1, 0.15) is 35.7 Å². The molecular formula is C14H20N2O2. The number of nitrogens with zero attached hydrogens (tertiary/aromatic N) is 2. The van der Waals surface area contributed by atoms with Gasteiger partial charge in [-0.05, 0) is 31.4 Å². The summed E-state index contributed by atoms with van der Waals surface area (Å²) in [6, 6.07) is 1.86. The Morgan fingerprint density at radius 1 is 1.56 bits per heavy atom. The second-order valence-electron chi connectivity index (χ2n) is 5.03. The molecule has 0 aromatic carbocycles. The first-order chi connectivity index (χ1) is 8.61. The van der Waals surface area contributed by atoms with Crippen molar-refractivity contribution in [1.82, 2.24) is 9.88 Å². The third-order valence-electron chi connectivity index (χ3n) is 3.63. The van der Waals surface area contributed by atoms with E-state index in [4.69, 9.17) is 0 Å². The molecule has 2 unspecified atom stereocenters. The van der Waals surface area contributed by atoms with Gasteiger partial charge in [0.05, 0.1) is 11.7 Å². The van der Waals surface area contributed by atoms with E-state index in [2.05, 4.69) is 11.9 Å². The monoisotopic (exact) mass is 248 g/mol. The quantitative estimate of drug-likeness (QED) is 0.865. The molecule has 1 aliphatic rings. The van der Waals surface area contributed by atoms with Gasteiger partial charge in [0.2, 0.25) is 0 Å². The normalized spacial score (nSPS) is 24.1. The summed E-state index contributed by atoms with van der Waals surface area (Å²) in [6.07, 6.45) is 4.66. The molecule has 2 atom stereocenters. The van der Waals surface area contributed by atoms with E-state index < -0.39 is 0 Å². The Labute approximate surface area is 108 Å². The van der Waals surface area contributed by atoms with Crippen molar-refractivity contribution >= 4 is 5.91 Å². The highest BCUT2D eigenvalue weighted by molar-refractivity contribution is 5.94. The van der Waals surface area contributed by atoms with Crippen molar-refractivity contribution in [2.75, 3.05) is 13.1 Å². The number of aryl methyl sites for hydroxylation is 1. The number of aliphatic hydroxyl groups excluding tert-OH is 1. The molecule has 1 N–H and O–H groups in total. The summed E-state index contributed by atoms with van der Waals surface area (Å²) in [6.45, 7) is 5.25. The van der Waals surface area contributed by atoms with Crippen LogP contribution in [0.5, 0.6) is 0 Å². The average molecular weight is 248 g/mol. The Bertz CT molecular complexity index is 434. The minimum Gasteiger partial charge on any atom is -0.393 e. The number of piperidine rings is 1. The summed E-state index contributed by atoms with van der Waals surface area (Å²) in [7, 11) is 0. The van der Waals surface area contributed by atoms with Crippen LogP contribution in [0.25, 0.3) is 0 Å².